The average molecular weight is 420 g/mol. The first-order valence-corrected chi connectivity index (χ1v) is 8.51. The predicted molar refractivity (Wildman–Crippen MR) is 96.7 cm³/mol. The van der Waals surface area contributed by atoms with Crippen molar-refractivity contribution in [2.75, 3.05) is 5.32 Å². The number of nitrogens with one attached hydrogen (secondary N) is 1. The van der Waals surface area contributed by atoms with Crippen molar-refractivity contribution in [3.63, 3.8) is 0 Å². The molecule has 0 spiro atoms. The van der Waals surface area contributed by atoms with E-state index in [1.165, 1.54) is 22.9 Å². The number of amides is 1. The highest BCUT2D eigenvalue weighted by Crippen LogP contribution is 2.21. The van der Waals surface area contributed by atoms with Crippen molar-refractivity contribution in [1.82, 2.24) is 20.2 Å². The molecule has 0 aliphatic carbocycles. The number of ether oxygens (including phenoxy) is 1. The van der Waals surface area contributed by atoms with Crippen LogP contribution in [0, 0.1) is 12.7 Å². The molecule has 0 fully saturated rings. The topological polar surface area (TPSA) is 81.9 Å². The van der Waals surface area contributed by atoms with Crippen molar-refractivity contribution in [3.8, 4) is 11.4 Å². The Morgan fingerprint density at radius 2 is 2.00 bits per heavy atom. The first-order chi connectivity index (χ1) is 12.4. The zero-order valence-electron chi connectivity index (χ0n) is 14.0. The predicted octanol–water partition coefficient (Wildman–Crippen LogP) is 3.28. The van der Waals surface area contributed by atoms with Crippen LogP contribution in [0.4, 0.5) is 10.1 Å². The molecule has 26 heavy (non-hydrogen) atoms. The minimum absolute atomic E-state index is 0.0219. The summed E-state index contributed by atoms with van der Waals surface area (Å²) in [5.74, 6) is 0.0382. The Kier molecular flexibility index (Phi) is 5.27. The summed E-state index contributed by atoms with van der Waals surface area (Å²) in [5, 5.41) is 13.7. The normalized spacial score (nSPS) is 11.8. The minimum Gasteiger partial charge on any atom is -0.481 e. The molecule has 1 heterocycles. The minimum atomic E-state index is -0.811. The molecular formula is C17H15BrFN5O2. The highest BCUT2D eigenvalue weighted by molar-refractivity contribution is 9.10. The zero-order valence-corrected chi connectivity index (χ0v) is 15.6. The second-order valence-electron chi connectivity index (χ2n) is 5.51. The van der Waals surface area contributed by atoms with E-state index in [0.717, 1.165) is 4.47 Å². The Balaban J connectivity index is 1.74. The molecule has 7 nitrogen and oxygen atoms in total. The summed E-state index contributed by atoms with van der Waals surface area (Å²) in [7, 11) is 0. The highest BCUT2D eigenvalue weighted by atomic mass is 79.9. The number of halogens is 2. The fourth-order valence-electron chi connectivity index (χ4n) is 2.22. The number of aryl methyl sites for hydroxylation is 1. The maximum absolute atomic E-state index is 14.1. The van der Waals surface area contributed by atoms with Crippen LogP contribution in [0.1, 0.15) is 12.7 Å². The lowest BCUT2D eigenvalue weighted by Crippen LogP contribution is -2.30. The van der Waals surface area contributed by atoms with Gasteiger partial charge in [-0.25, -0.2) is 4.39 Å². The summed E-state index contributed by atoms with van der Waals surface area (Å²) in [4.78, 5) is 12.3. The van der Waals surface area contributed by atoms with Crippen LogP contribution in [0.15, 0.2) is 46.9 Å². The summed E-state index contributed by atoms with van der Waals surface area (Å²) in [6.45, 7) is 3.31. The molecule has 3 rings (SSSR count). The SMILES string of the molecule is Cc1nnnn1-c1ccc(F)c(NC(=O)C(C)Oc2ccc(Br)cc2)c1. The molecule has 0 saturated carbocycles. The number of benzene rings is 2. The van der Waals surface area contributed by atoms with E-state index in [0.29, 0.717) is 17.3 Å². The molecule has 3 aromatic rings. The van der Waals surface area contributed by atoms with Gasteiger partial charge in [-0.2, -0.15) is 4.68 Å². The maximum atomic E-state index is 14.1. The van der Waals surface area contributed by atoms with Gasteiger partial charge in [-0.15, -0.1) is 5.10 Å². The van der Waals surface area contributed by atoms with E-state index < -0.39 is 17.8 Å². The van der Waals surface area contributed by atoms with E-state index in [9.17, 15) is 9.18 Å². The number of carbonyl (C=O) groups excluding carboxylic acids is 1. The van der Waals surface area contributed by atoms with E-state index in [4.69, 9.17) is 4.74 Å². The van der Waals surface area contributed by atoms with E-state index in [-0.39, 0.29) is 5.69 Å². The van der Waals surface area contributed by atoms with Crippen molar-refractivity contribution in [2.45, 2.75) is 20.0 Å². The van der Waals surface area contributed by atoms with Gasteiger partial charge in [-0.1, -0.05) is 15.9 Å². The van der Waals surface area contributed by atoms with Gasteiger partial charge in [0.05, 0.1) is 11.4 Å². The second kappa shape index (κ2) is 7.61. The van der Waals surface area contributed by atoms with Gasteiger partial charge in [0.25, 0.3) is 5.91 Å². The molecule has 0 aliphatic heterocycles. The van der Waals surface area contributed by atoms with Gasteiger partial charge >= 0.3 is 0 Å². The van der Waals surface area contributed by atoms with Crippen molar-refractivity contribution in [2.24, 2.45) is 0 Å². The molecule has 1 aromatic heterocycles. The Morgan fingerprint density at radius 3 is 2.65 bits per heavy atom. The third kappa shape index (κ3) is 4.05. The van der Waals surface area contributed by atoms with Gasteiger partial charge in [0.1, 0.15) is 11.6 Å². The van der Waals surface area contributed by atoms with E-state index in [1.807, 2.05) is 0 Å². The zero-order chi connectivity index (χ0) is 18.7. The summed E-state index contributed by atoms with van der Waals surface area (Å²) >= 11 is 3.33. The van der Waals surface area contributed by atoms with Gasteiger partial charge in [-0.3, -0.25) is 4.79 Å². The standard InChI is InChI=1S/C17H15BrFN5O2/c1-10(26-14-6-3-12(18)4-7-14)17(25)20-16-9-13(5-8-15(16)19)24-11(2)21-22-23-24/h3-10H,1-2H3,(H,20,25). The number of hydrogen-bond acceptors (Lipinski definition) is 5. The van der Waals surface area contributed by atoms with Crippen molar-refractivity contribution < 1.29 is 13.9 Å². The number of carbonyl (C=O) groups is 1. The summed E-state index contributed by atoms with van der Waals surface area (Å²) in [6.07, 6.45) is -0.811. The van der Waals surface area contributed by atoms with Gasteiger partial charge in [0.15, 0.2) is 11.9 Å². The third-order valence-corrected chi connectivity index (χ3v) is 4.10. The number of tetrazole rings is 1. The number of aromatic nitrogens is 4. The van der Waals surface area contributed by atoms with Crippen LogP contribution in [0.2, 0.25) is 0 Å². The maximum Gasteiger partial charge on any atom is 0.265 e. The molecule has 0 bridgehead atoms. The number of rotatable bonds is 5. The fraction of sp³-hybridized carbons (Fsp3) is 0.176. The molecule has 9 heteroatoms. The quantitative estimate of drug-likeness (QED) is 0.685. The van der Waals surface area contributed by atoms with Crippen LogP contribution in [-0.2, 0) is 4.79 Å². The summed E-state index contributed by atoms with van der Waals surface area (Å²) in [5.41, 5.74) is 0.555. The molecule has 0 saturated heterocycles. The molecule has 1 N–H and O–H groups in total. The third-order valence-electron chi connectivity index (χ3n) is 3.57. The molecular weight excluding hydrogens is 405 g/mol. The van der Waals surface area contributed by atoms with Crippen LogP contribution in [-0.4, -0.2) is 32.2 Å². The van der Waals surface area contributed by atoms with Gasteiger partial charge < -0.3 is 10.1 Å². The smallest absolute Gasteiger partial charge is 0.265 e. The van der Waals surface area contributed by atoms with Crippen LogP contribution < -0.4 is 10.1 Å². The second-order valence-corrected chi connectivity index (χ2v) is 6.42. The number of nitrogens with zero attached hydrogens (tertiary/aromatic N) is 4. The Hall–Kier alpha value is -2.81. The van der Waals surface area contributed by atoms with Crippen LogP contribution >= 0.6 is 15.9 Å². The molecule has 0 radical (unpaired) electrons. The van der Waals surface area contributed by atoms with Crippen molar-refractivity contribution in [1.29, 1.82) is 0 Å². The lowest BCUT2D eigenvalue weighted by atomic mass is 10.2. The fourth-order valence-corrected chi connectivity index (χ4v) is 2.48. The summed E-state index contributed by atoms with van der Waals surface area (Å²) < 4.78 is 22.0. The number of hydrogen-bond donors (Lipinski definition) is 1. The van der Waals surface area contributed by atoms with E-state index in [2.05, 4.69) is 36.8 Å². The van der Waals surface area contributed by atoms with Gasteiger partial charge in [0.2, 0.25) is 0 Å². The molecule has 2 aromatic carbocycles. The lowest BCUT2D eigenvalue weighted by molar-refractivity contribution is -0.122. The molecule has 134 valence electrons. The molecule has 1 atom stereocenters. The van der Waals surface area contributed by atoms with Crippen LogP contribution in [0.25, 0.3) is 5.69 Å². The monoisotopic (exact) mass is 419 g/mol. The molecule has 1 unspecified atom stereocenters. The molecule has 1 amide bonds. The highest BCUT2D eigenvalue weighted by Gasteiger charge is 2.17. The van der Waals surface area contributed by atoms with Crippen LogP contribution in [0.5, 0.6) is 5.75 Å². The van der Waals surface area contributed by atoms with Gasteiger partial charge in [0, 0.05) is 4.47 Å². The Morgan fingerprint density at radius 1 is 1.27 bits per heavy atom. The Labute approximate surface area is 157 Å². The molecule has 0 aliphatic rings. The lowest BCUT2D eigenvalue weighted by Gasteiger charge is -2.15. The number of anilines is 1. The first kappa shape index (κ1) is 18.0. The van der Waals surface area contributed by atoms with E-state index in [1.54, 1.807) is 38.1 Å². The largest absolute Gasteiger partial charge is 0.481 e. The van der Waals surface area contributed by atoms with E-state index >= 15 is 0 Å². The average Bonchev–Trinajstić information content (AvgIpc) is 3.05. The van der Waals surface area contributed by atoms with Crippen LogP contribution in [0.3, 0.4) is 0 Å². The van der Waals surface area contributed by atoms with Gasteiger partial charge in [-0.05, 0) is 66.7 Å². The van der Waals surface area contributed by atoms with Crippen molar-refractivity contribution in [3.05, 3.63) is 58.6 Å². The Bertz CT molecular complexity index is 929. The summed E-state index contributed by atoms with van der Waals surface area (Å²) in [6, 6.07) is 11.3. The van der Waals surface area contributed by atoms with Crippen molar-refractivity contribution >= 4 is 27.5 Å². The first-order valence-electron chi connectivity index (χ1n) is 7.72.